The Morgan fingerprint density at radius 2 is 1.75 bits per heavy atom. The van der Waals surface area contributed by atoms with Crippen molar-refractivity contribution >= 4 is 24.7 Å². The summed E-state index contributed by atoms with van der Waals surface area (Å²) < 4.78 is 39.7. The van der Waals surface area contributed by atoms with Gasteiger partial charge in [0.05, 0.1) is 25.1 Å². The van der Waals surface area contributed by atoms with Crippen molar-refractivity contribution in [2.24, 2.45) is 4.40 Å². The first-order valence-electron chi connectivity index (χ1n) is 8.06. The molecule has 136 valence electrons. The predicted molar refractivity (Wildman–Crippen MR) is 101 cm³/mol. The van der Waals surface area contributed by atoms with Gasteiger partial charge in [-0.1, -0.05) is 28.7 Å². The van der Waals surface area contributed by atoms with Crippen molar-refractivity contribution in [1.82, 2.24) is 0 Å². The van der Waals surface area contributed by atoms with Gasteiger partial charge < -0.3 is 13.6 Å². The maximum Gasteiger partial charge on any atom is 0.335 e. The molecule has 0 aromatic heterocycles. The van der Waals surface area contributed by atoms with Gasteiger partial charge in [0, 0.05) is 5.56 Å². The Morgan fingerprint density at radius 3 is 2.25 bits per heavy atom. The lowest BCUT2D eigenvalue weighted by atomic mass is 10.1. The van der Waals surface area contributed by atoms with Crippen molar-refractivity contribution in [3.8, 4) is 0 Å². The normalized spacial score (nSPS) is 14.7. The largest absolute Gasteiger partial charge is 0.591 e. The molecule has 24 heavy (non-hydrogen) atoms. The number of rotatable bonds is 8. The van der Waals surface area contributed by atoms with E-state index in [4.69, 9.17) is 9.05 Å². The molecule has 0 spiro atoms. The van der Waals surface area contributed by atoms with Crippen LogP contribution in [0.25, 0.3) is 0 Å². The van der Waals surface area contributed by atoms with Gasteiger partial charge >= 0.3 is 7.60 Å². The third kappa shape index (κ3) is 6.34. The molecule has 1 unspecified atom stereocenters. The molecule has 1 atom stereocenters. The minimum atomic E-state index is -3.21. The van der Waals surface area contributed by atoms with Gasteiger partial charge in [-0.2, -0.15) is 0 Å². The van der Waals surface area contributed by atoms with Crippen LogP contribution in [0.3, 0.4) is 0 Å². The molecule has 0 aliphatic rings. The van der Waals surface area contributed by atoms with E-state index in [0.29, 0.717) is 18.9 Å². The Bertz CT molecular complexity index is 603. The van der Waals surface area contributed by atoms with Crippen LogP contribution in [-0.4, -0.2) is 28.2 Å². The van der Waals surface area contributed by atoms with E-state index >= 15 is 0 Å². The molecule has 0 bridgehead atoms. The number of nitrogens with zero attached hydrogens (tertiary/aromatic N) is 1. The van der Waals surface area contributed by atoms with E-state index in [-0.39, 0.29) is 6.16 Å². The van der Waals surface area contributed by atoms with E-state index in [1.165, 1.54) is 0 Å². The molecule has 0 aliphatic heterocycles. The lowest BCUT2D eigenvalue weighted by Crippen LogP contribution is -2.26. The Hall–Kier alpha value is -0.650. The molecule has 7 heteroatoms. The molecule has 0 aliphatic carbocycles. The van der Waals surface area contributed by atoms with Crippen molar-refractivity contribution in [3.63, 3.8) is 0 Å². The Kier molecular flexibility index (Phi) is 8.16. The Balaban J connectivity index is 3.16. The zero-order valence-corrected chi connectivity index (χ0v) is 17.1. The van der Waals surface area contributed by atoms with Crippen molar-refractivity contribution in [1.29, 1.82) is 0 Å². The van der Waals surface area contributed by atoms with Crippen LogP contribution in [0.2, 0.25) is 0 Å². The highest BCUT2D eigenvalue weighted by Gasteiger charge is 2.28. The quantitative estimate of drug-likeness (QED) is 0.375. The number of hydrogen-bond donors (Lipinski definition) is 0. The average molecular weight is 373 g/mol. The Morgan fingerprint density at radius 1 is 1.21 bits per heavy atom. The van der Waals surface area contributed by atoms with E-state index in [0.717, 1.165) is 11.1 Å². The van der Waals surface area contributed by atoms with Gasteiger partial charge in [-0.05, 0) is 47.1 Å². The van der Waals surface area contributed by atoms with Gasteiger partial charge in [-0.25, -0.2) is 0 Å². The fourth-order valence-electron chi connectivity index (χ4n) is 2.05. The molecule has 0 saturated heterocycles. The van der Waals surface area contributed by atoms with Gasteiger partial charge in [0.25, 0.3) is 0 Å². The van der Waals surface area contributed by atoms with Crippen molar-refractivity contribution in [2.75, 3.05) is 13.2 Å². The zero-order chi connectivity index (χ0) is 18.4. The zero-order valence-electron chi connectivity index (χ0n) is 15.4. The van der Waals surface area contributed by atoms with Gasteiger partial charge in [-0.3, -0.25) is 4.57 Å². The molecule has 1 aromatic carbocycles. The second-order valence-corrected chi connectivity index (χ2v) is 10.3. The summed E-state index contributed by atoms with van der Waals surface area (Å²) in [6.07, 6.45) is 0.167. The lowest BCUT2D eigenvalue weighted by molar-refractivity contribution is 0.219. The summed E-state index contributed by atoms with van der Waals surface area (Å²) in [5, 5.41) is 0. The smallest absolute Gasteiger partial charge is 0.335 e. The van der Waals surface area contributed by atoms with E-state index < -0.39 is 23.7 Å². The van der Waals surface area contributed by atoms with Crippen molar-refractivity contribution in [3.05, 3.63) is 35.4 Å². The first-order valence-corrected chi connectivity index (χ1v) is 10.9. The molecular formula is C17H28NO4PS. The third-order valence-electron chi connectivity index (χ3n) is 3.17. The van der Waals surface area contributed by atoms with E-state index in [9.17, 15) is 9.12 Å². The van der Waals surface area contributed by atoms with E-state index in [1.54, 1.807) is 13.8 Å². The average Bonchev–Trinajstić information content (AvgIpc) is 2.46. The molecule has 0 fully saturated rings. The SMILES string of the molecule is CCOP(=O)(Cc1ccccc1C(C)=N[S+]([O-])C(C)(C)C)OCC. The summed E-state index contributed by atoms with van der Waals surface area (Å²) in [7, 11) is -3.21. The minimum absolute atomic E-state index is 0.167. The van der Waals surface area contributed by atoms with Gasteiger partial charge in [0.2, 0.25) is 0 Å². The fourth-order valence-corrected chi connectivity index (χ4v) is 4.41. The molecule has 0 amide bonds. The summed E-state index contributed by atoms with van der Waals surface area (Å²) in [5.74, 6) is 0. The standard InChI is InChI=1S/C17H28NO4PS/c1-7-21-23(19,22-8-2)13-15-11-9-10-12-16(15)14(3)18-24(20)17(4,5)6/h9-12H,7-8,13H2,1-6H3. The van der Waals surface area contributed by atoms with Crippen LogP contribution in [0.15, 0.2) is 28.7 Å². The lowest BCUT2D eigenvalue weighted by Gasteiger charge is -2.20. The van der Waals surface area contributed by atoms with Crippen molar-refractivity contribution < 1.29 is 18.2 Å². The topological polar surface area (TPSA) is 71.0 Å². The second-order valence-electron chi connectivity index (χ2n) is 6.30. The van der Waals surface area contributed by atoms with Crippen LogP contribution in [0.4, 0.5) is 0 Å². The highest BCUT2D eigenvalue weighted by molar-refractivity contribution is 7.91. The van der Waals surface area contributed by atoms with Gasteiger partial charge in [0.1, 0.15) is 16.1 Å². The Labute approximate surface area is 148 Å². The summed E-state index contributed by atoms with van der Waals surface area (Å²) in [5.41, 5.74) is 2.28. The van der Waals surface area contributed by atoms with Crippen LogP contribution in [0.1, 0.15) is 52.7 Å². The predicted octanol–water partition coefficient (Wildman–Crippen LogP) is 4.72. The number of hydrogen-bond acceptors (Lipinski definition) is 5. The summed E-state index contributed by atoms with van der Waals surface area (Å²) >= 11 is -1.35. The van der Waals surface area contributed by atoms with E-state index in [1.807, 2.05) is 52.0 Å². The summed E-state index contributed by atoms with van der Waals surface area (Å²) in [6.45, 7) is 11.7. The van der Waals surface area contributed by atoms with Crippen LogP contribution in [0, 0.1) is 0 Å². The molecule has 5 nitrogen and oxygen atoms in total. The van der Waals surface area contributed by atoms with Gasteiger partial charge in [0.15, 0.2) is 0 Å². The molecule has 0 radical (unpaired) electrons. The van der Waals surface area contributed by atoms with Crippen molar-refractivity contribution in [2.45, 2.75) is 52.5 Å². The minimum Gasteiger partial charge on any atom is -0.591 e. The van der Waals surface area contributed by atoms with E-state index in [2.05, 4.69) is 4.40 Å². The molecule has 0 N–H and O–H groups in total. The first kappa shape index (κ1) is 21.4. The van der Waals surface area contributed by atoms with Crippen LogP contribution in [0.5, 0.6) is 0 Å². The monoisotopic (exact) mass is 373 g/mol. The molecule has 0 heterocycles. The summed E-state index contributed by atoms with van der Waals surface area (Å²) in [4.78, 5) is 0. The summed E-state index contributed by atoms with van der Waals surface area (Å²) in [6, 6.07) is 7.51. The first-order chi connectivity index (χ1) is 11.1. The molecule has 1 aromatic rings. The maximum absolute atomic E-state index is 12.8. The number of benzene rings is 1. The second kappa shape index (κ2) is 9.16. The van der Waals surface area contributed by atoms with Crippen LogP contribution < -0.4 is 0 Å². The highest BCUT2D eigenvalue weighted by atomic mass is 32.2. The fraction of sp³-hybridized carbons (Fsp3) is 0.588. The molecule has 0 saturated carbocycles. The van der Waals surface area contributed by atoms with Crippen LogP contribution in [-0.2, 0) is 31.1 Å². The maximum atomic E-state index is 12.8. The van der Waals surface area contributed by atoms with Gasteiger partial charge in [-0.15, -0.1) is 0 Å². The molecule has 1 rings (SSSR count). The highest BCUT2D eigenvalue weighted by Crippen LogP contribution is 2.51. The molecular weight excluding hydrogens is 345 g/mol. The third-order valence-corrected chi connectivity index (χ3v) is 6.69. The van der Waals surface area contributed by atoms with Crippen LogP contribution >= 0.6 is 7.60 Å².